The second-order valence-corrected chi connectivity index (χ2v) is 7.17. The van der Waals surface area contributed by atoms with Crippen molar-refractivity contribution in [2.45, 2.75) is 25.3 Å². The molecule has 2 fully saturated rings. The Kier molecular flexibility index (Phi) is 6.45. The Balaban J connectivity index is 1.59. The van der Waals surface area contributed by atoms with E-state index in [1.165, 1.54) is 5.56 Å². The van der Waals surface area contributed by atoms with Crippen molar-refractivity contribution < 1.29 is 14.4 Å². The molecule has 0 aliphatic carbocycles. The number of nitrogens with one attached hydrogen (secondary N) is 1. The van der Waals surface area contributed by atoms with Crippen LogP contribution in [0.3, 0.4) is 0 Å². The Labute approximate surface area is 160 Å². The quantitative estimate of drug-likeness (QED) is 0.769. The fourth-order valence-corrected chi connectivity index (χ4v) is 3.79. The van der Waals surface area contributed by atoms with Gasteiger partial charge in [0.15, 0.2) is 0 Å². The molecule has 2 heterocycles. The van der Waals surface area contributed by atoms with E-state index in [2.05, 4.69) is 22.3 Å². The summed E-state index contributed by atoms with van der Waals surface area (Å²) in [5, 5.41) is 2.68. The van der Waals surface area contributed by atoms with E-state index in [1.807, 2.05) is 18.2 Å². The van der Waals surface area contributed by atoms with Gasteiger partial charge in [-0.15, -0.1) is 0 Å². The van der Waals surface area contributed by atoms with Gasteiger partial charge >= 0.3 is 0 Å². The molecule has 1 aromatic carbocycles. The molecule has 0 saturated carbocycles. The van der Waals surface area contributed by atoms with Gasteiger partial charge < -0.3 is 15.1 Å². The molecular formula is C20H28N4O3. The van der Waals surface area contributed by atoms with Gasteiger partial charge in [0.2, 0.25) is 17.7 Å². The maximum absolute atomic E-state index is 12.7. The summed E-state index contributed by atoms with van der Waals surface area (Å²) < 4.78 is 0. The zero-order valence-electron chi connectivity index (χ0n) is 15.9. The number of likely N-dealkylation sites (N-methyl/N-ethyl adjacent to an activating group) is 1. The fraction of sp³-hybridized carbons (Fsp3) is 0.550. The van der Waals surface area contributed by atoms with Crippen molar-refractivity contribution in [3.63, 3.8) is 0 Å². The van der Waals surface area contributed by atoms with Crippen molar-refractivity contribution >= 4 is 17.7 Å². The Morgan fingerprint density at radius 2 is 1.93 bits per heavy atom. The number of benzene rings is 1. The normalized spacial score (nSPS) is 20.8. The van der Waals surface area contributed by atoms with Gasteiger partial charge in [0.1, 0.15) is 6.04 Å². The summed E-state index contributed by atoms with van der Waals surface area (Å²) in [5.41, 5.74) is 1.26. The first-order valence-corrected chi connectivity index (χ1v) is 9.63. The molecule has 0 spiro atoms. The first-order chi connectivity index (χ1) is 13.1. The number of carbonyl (C=O) groups excluding carboxylic acids is 3. The lowest BCUT2D eigenvalue weighted by atomic mass is 10.1. The van der Waals surface area contributed by atoms with Gasteiger partial charge in [-0.3, -0.25) is 19.3 Å². The minimum atomic E-state index is -0.510. The standard InChI is InChI=1S/C20H28N4O3/c1-21-20(27)17-14-22(11-9-16-6-3-2-4-7-16)12-13-24(17)19(26)15-23-10-5-8-18(23)25/h2-4,6-7,17H,5,8-15H2,1H3,(H,21,27). The summed E-state index contributed by atoms with van der Waals surface area (Å²) in [5.74, 6) is -0.261. The van der Waals surface area contributed by atoms with E-state index in [-0.39, 0.29) is 24.3 Å². The molecule has 0 radical (unpaired) electrons. The second-order valence-electron chi connectivity index (χ2n) is 7.17. The molecule has 0 bridgehead atoms. The van der Waals surface area contributed by atoms with E-state index >= 15 is 0 Å². The number of hydrogen-bond acceptors (Lipinski definition) is 4. The number of likely N-dealkylation sites (tertiary alicyclic amines) is 1. The van der Waals surface area contributed by atoms with E-state index in [0.29, 0.717) is 26.1 Å². The lowest BCUT2D eigenvalue weighted by Gasteiger charge is -2.41. The van der Waals surface area contributed by atoms with Crippen LogP contribution in [0.25, 0.3) is 0 Å². The zero-order valence-corrected chi connectivity index (χ0v) is 15.9. The number of piperazine rings is 1. The predicted octanol–water partition coefficient (Wildman–Crippen LogP) is 0.110. The molecule has 1 unspecified atom stereocenters. The van der Waals surface area contributed by atoms with Gasteiger partial charge in [-0.1, -0.05) is 30.3 Å². The average Bonchev–Trinajstić information content (AvgIpc) is 3.10. The first-order valence-electron chi connectivity index (χ1n) is 9.63. The van der Waals surface area contributed by atoms with Crippen molar-refractivity contribution in [2.24, 2.45) is 0 Å². The number of rotatable bonds is 6. The SMILES string of the molecule is CNC(=O)C1CN(CCc2ccccc2)CCN1C(=O)CN1CCCC1=O. The van der Waals surface area contributed by atoms with Crippen LogP contribution in [-0.2, 0) is 20.8 Å². The fourth-order valence-electron chi connectivity index (χ4n) is 3.79. The lowest BCUT2D eigenvalue weighted by Crippen LogP contribution is -2.61. The molecule has 7 heteroatoms. The highest BCUT2D eigenvalue weighted by Crippen LogP contribution is 2.15. The third-order valence-corrected chi connectivity index (χ3v) is 5.39. The Morgan fingerprint density at radius 3 is 2.59 bits per heavy atom. The van der Waals surface area contributed by atoms with E-state index in [4.69, 9.17) is 0 Å². The summed E-state index contributed by atoms with van der Waals surface area (Å²) in [6, 6.07) is 9.75. The summed E-state index contributed by atoms with van der Waals surface area (Å²) >= 11 is 0. The number of hydrogen-bond donors (Lipinski definition) is 1. The van der Waals surface area contributed by atoms with Crippen LogP contribution >= 0.6 is 0 Å². The Morgan fingerprint density at radius 1 is 1.15 bits per heavy atom. The van der Waals surface area contributed by atoms with Crippen LogP contribution in [0.2, 0.25) is 0 Å². The van der Waals surface area contributed by atoms with E-state index in [1.54, 1.807) is 16.8 Å². The highest BCUT2D eigenvalue weighted by atomic mass is 16.2. The third-order valence-electron chi connectivity index (χ3n) is 5.39. The van der Waals surface area contributed by atoms with Crippen molar-refractivity contribution in [3.8, 4) is 0 Å². The Hall–Kier alpha value is -2.41. The molecule has 7 nitrogen and oxygen atoms in total. The van der Waals surface area contributed by atoms with Gasteiger partial charge in [-0.25, -0.2) is 0 Å². The third kappa shape index (κ3) is 4.86. The predicted molar refractivity (Wildman–Crippen MR) is 102 cm³/mol. The molecule has 3 rings (SSSR count). The molecule has 3 amide bonds. The molecular weight excluding hydrogens is 344 g/mol. The summed E-state index contributed by atoms with van der Waals surface area (Å²) in [7, 11) is 1.60. The molecule has 2 saturated heterocycles. The smallest absolute Gasteiger partial charge is 0.243 e. The average molecular weight is 372 g/mol. The number of carbonyl (C=O) groups is 3. The van der Waals surface area contributed by atoms with Crippen molar-refractivity contribution in [1.82, 2.24) is 20.0 Å². The molecule has 0 aromatic heterocycles. The molecule has 2 aliphatic rings. The highest BCUT2D eigenvalue weighted by Gasteiger charge is 2.36. The van der Waals surface area contributed by atoms with E-state index in [0.717, 1.165) is 25.9 Å². The molecule has 2 aliphatic heterocycles. The van der Waals surface area contributed by atoms with E-state index in [9.17, 15) is 14.4 Å². The minimum absolute atomic E-state index is 0.0290. The van der Waals surface area contributed by atoms with Gasteiger partial charge in [0.25, 0.3) is 0 Å². The molecule has 27 heavy (non-hydrogen) atoms. The maximum atomic E-state index is 12.7. The van der Waals surface area contributed by atoms with Crippen LogP contribution in [0.4, 0.5) is 0 Å². The first kappa shape index (κ1) is 19.4. The number of amides is 3. The van der Waals surface area contributed by atoms with Crippen molar-refractivity contribution in [1.29, 1.82) is 0 Å². The number of nitrogens with zero attached hydrogens (tertiary/aromatic N) is 3. The van der Waals surface area contributed by atoms with E-state index < -0.39 is 6.04 Å². The largest absolute Gasteiger partial charge is 0.357 e. The monoisotopic (exact) mass is 372 g/mol. The summed E-state index contributed by atoms with van der Waals surface area (Å²) in [4.78, 5) is 42.4. The topological polar surface area (TPSA) is 73.0 Å². The van der Waals surface area contributed by atoms with Crippen LogP contribution in [0, 0.1) is 0 Å². The lowest BCUT2D eigenvalue weighted by molar-refractivity contribution is -0.146. The van der Waals surface area contributed by atoms with Gasteiger partial charge in [0.05, 0.1) is 6.54 Å². The molecule has 1 aromatic rings. The van der Waals surface area contributed by atoms with Crippen molar-refractivity contribution in [3.05, 3.63) is 35.9 Å². The van der Waals surface area contributed by atoms with Crippen LogP contribution in [0.5, 0.6) is 0 Å². The van der Waals surface area contributed by atoms with Gasteiger partial charge in [0, 0.05) is 46.2 Å². The molecule has 1 atom stereocenters. The van der Waals surface area contributed by atoms with Crippen LogP contribution in [0.1, 0.15) is 18.4 Å². The Bertz CT molecular complexity index is 679. The van der Waals surface area contributed by atoms with Crippen LogP contribution in [0.15, 0.2) is 30.3 Å². The zero-order chi connectivity index (χ0) is 19.2. The molecule has 146 valence electrons. The summed E-state index contributed by atoms with van der Waals surface area (Å²) in [6.45, 7) is 3.33. The van der Waals surface area contributed by atoms with Gasteiger partial charge in [-0.2, -0.15) is 0 Å². The van der Waals surface area contributed by atoms with Crippen molar-refractivity contribution in [2.75, 3.05) is 46.3 Å². The molecule has 1 N–H and O–H groups in total. The minimum Gasteiger partial charge on any atom is -0.357 e. The van der Waals surface area contributed by atoms with Crippen LogP contribution < -0.4 is 5.32 Å². The van der Waals surface area contributed by atoms with Crippen LogP contribution in [-0.4, -0.2) is 84.8 Å². The van der Waals surface area contributed by atoms with Gasteiger partial charge in [-0.05, 0) is 18.4 Å². The highest BCUT2D eigenvalue weighted by molar-refractivity contribution is 5.90. The maximum Gasteiger partial charge on any atom is 0.243 e. The summed E-state index contributed by atoms with van der Waals surface area (Å²) in [6.07, 6.45) is 2.23. The second kappa shape index (κ2) is 8.99.